The number of carbonyl (C=O) groups excluding carboxylic acids is 2. The lowest BCUT2D eigenvalue weighted by Crippen LogP contribution is -2.34. The van der Waals surface area contributed by atoms with Crippen molar-refractivity contribution in [2.24, 2.45) is 0 Å². The first kappa shape index (κ1) is 25.0. The number of ether oxygens (including phenoxy) is 1. The van der Waals surface area contributed by atoms with Crippen molar-refractivity contribution >= 4 is 11.9 Å². The van der Waals surface area contributed by atoms with Crippen molar-refractivity contribution in [1.82, 2.24) is 20.0 Å². The molecule has 180 valence electrons. The lowest BCUT2D eigenvalue weighted by atomic mass is 10.1. The van der Waals surface area contributed by atoms with Crippen LogP contribution < -0.4 is 5.32 Å². The zero-order valence-electron chi connectivity index (χ0n) is 19.0. The molecule has 0 fully saturated rings. The number of amides is 1. The van der Waals surface area contributed by atoms with Gasteiger partial charge < -0.3 is 15.0 Å². The minimum absolute atomic E-state index is 0.0508. The highest BCUT2D eigenvalue weighted by molar-refractivity contribution is 5.94. The molecular formula is C24H25F3N4O3. The van der Waals surface area contributed by atoms with Gasteiger partial charge in [0, 0.05) is 12.1 Å². The quantitative estimate of drug-likeness (QED) is 0.498. The number of alkyl halides is 3. The maximum absolute atomic E-state index is 13.7. The molecule has 0 bridgehead atoms. The monoisotopic (exact) mass is 474 g/mol. The molecule has 0 aliphatic rings. The first-order valence-corrected chi connectivity index (χ1v) is 10.6. The van der Waals surface area contributed by atoms with E-state index in [2.05, 4.69) is 10.4 Å². The Morgan fingerprint density at radius 3 is 2.29 bits per heavy atom. The number of esters is 1. The van der Waals surface area contributed by atoms with Gasteiger partial charge in [-0.1, -0.05) is 30.3 Å². The van der Waals surface area contributed by atoms with E-state index in [1.165, 1.54) is 31.2 Å². The number of carbonyl (C=O) groups is 2. The van der Waals surface area contributed by atoms with E-state index in [-0.39, 0.29) is 29.8 Å². The van der Waals surface area contributed by atoms with Crippen LogP contribution in [0.25, 0.3) is 5.69 Å². The Bertz CT molecular complexity index is 1130. The van der Waals surface area contributed by atoms with Crippen molar-refractivity contribution in [3.05, 3.63) is 83.2 Å². The minimum Gasteiger partial charge on any atom is -0.462 e. The predicted octanol–water partition coefficient (Wildman–Crippen LogP) is 4.10. The molecular weight excluding hydrogens is 449 g/mol. The van der Waals surface area contributed by atoms with Crippen LogP contribution >= 0.6 is 0 Å². The third-order valence-corrected chi connectivity index (χ3v) is 5.17. The molecule has 1 unspecified atom stereocenters. The first-order valence-electron chi connectivity index (χ1n) is 10.6. The highest BCUT2D eigenvalue weighted by Gasteiger charge is 2.41. The molecule has 1 heterocycles. The fourth-order valence-corrected chi connectivity index (χ4v) is 3.49. The van der Waals surface area contributed by atoms with Crippen LogP contribution in [0.15, 0.2) is 60.8 Å². The lowest BCUT2D eigenvalue weighted by Gasteiger charge is -2.25. The molecule has 0 saturated heterocycles. The van der Waals surface area contributed by atoms with Crippen LogP contribution in [0.2, 0.25) is 0 Å². The average molecular weight is 474 g/mol. The van der Waals surface area contributed by atoms with Crippen LogP contribution in [0.1, 0.15) is 44.9 Å². The molecule has 34 heavy (non-hydrogen) atoms. The molecule has 1 amide bonds. The van der Waals surface area contributed by atoms with Gasteiger partial charge in [0.25, 0.3) is 5.91 Å². The van der Waals surface area contributed by atoms with E-state index in [4.69, 9.17) is 4.74 Å². The molecule has 1 aromatic heterocycles. The van der Waals surface area contributed by atoms with Crippen molar-refractivity contribution < 1.29 is 27.5 Å². The summed E-state index contributed by atoms with van der Waals surface area (Å²) in [7, 11) is 3.82. The molecule has 3 rings (SSSR count). The van der Waals surface area contributed by atoms with Crippen molar-refractivity contribution in [3.63, 3.8) is 0 Å². The summed E-state index contributed by atoms with van der Waals surface area (Å²) in [6.45, 7) is 1.78. The van der Waals surface area contributed by atoms with Gasteiger partial charge >= 0.3 is 12.1 Å². The summed E-state index contributed by atoms with van der Waals surface area (Å²) in [6, 6.07) is 15.1. The summed E-state index contributed by atoms with van der Waals surface area (Å²) in [5.74, 6) is -1.47. The zero-order valence-corrected chi connectivity index (χ0v) is 19.0. The lowest BCUT2D eigenvalue weighted by molar-refractivity contribution is -0.143. The fourth-order valence-electron chi connectivity index (χ4n) is 3.49. The second kappa shape index (κ2) is 10.5. The Labute approximate surface area is 195 Å². The van der Waals surface area contributed by atoms with Crippen molar-refractivity contribution in [2.45, 2.75) is 19.1 Å². The van der Waals surface area contributed by atoms with Gasteiger partial charge in [0.1, 0.15) is 5.56 Å². The summed E-state index contributed by atoms with van der Waals surface area (Å²) in [5.41, 5.74) is -0.541. The minimum atomic E-state index is -4.84. The number of rotatable bonds is 8. The van der Waals surface area contributed by atoms with Gasteiger partial charge in [-0.3, -0.25) is 4.79 Å². The van der Waals surface area contributed by atoms with Crippen LogP contribution in [0.4, 0.5) is 13.2 Å². The number of nitrogens with one attached hydrogen (secondary N) is 1. The molecule has 7 nitrogen and oxygen atoms in total. The molecule has 1 atom stereocenters. The highest BCUT2D eigenvalue weighted by Crippen LogP contribution is 2.34. The largest absolute Gasteiger partial charge is 0.462 e. The second-order valence-corrected chi connectivity index (χ2v) is 7.68. The Hall–Kier alpha value is -3.66. The van der Waals surface area contributed by atoms with E-state index >= 15 is 0 Å². The van der Waals surface area contributed by atoms with Gasteiger partial charge in [0.2, 0.25) is 0 Å². The maximum Gasteiger partial charge on any atom is 0.434 e. The van der Waals surface area contributed by atoms with Crippen LogP contribution in [0, 0.1) is 0 Å². The summed E-state index contributed by atoms with van der Waals surface area (Å²) < 4.78 is 46.4. The fraction of sp³-hybridized carbons (Fsp3) is 0.292. The van der Waals surface area contributed by atoms with Crippen molar-refractivity contribution in [1.29, 1.82) is 0 Å². The molecule has 0 saturated carbocycles. The summed E-state index contributed by atoms with van der Waals surface area (Å²) in [4.78, 5) is 26.6. The van der Waals surface area contributed by atoms with Crippen LogP contribution in [0.5, 0.6) is 0 Å². The number of hydrogen-bond donors (Lipinski definition) is 1. The van der Waals surface area contributed by atoms with E-state index in [1.54, 1.807) is 0 Å². The molecule has 10 heteroatoms. The third-order valence-electron chi connectivity index (χ3n) is 5.17. The van der Waals surface area contributed by atoms with Gasteiger partial charge in [-0.15, -0.1) is 0 Å². The average Bonchev–Trinajstić information content (AvgIpc) is 3.26. The number of aromatic nitrogens is 2. The molecule has 0 radical (unpaired) electrons. The van der Waals surface area contributed by atoms with Gasteiger partial charge in [-0.2, -0.15) is 18.3 Å². The van der Waals surface area contributed by atoms with E-state index < -0.39 is 23.4 Å². The number of nitrogens with zero attached hydrogens (tertiary/aromatic N) is 3. The van der Waals surface area contributed by atoms with Gasteiger partial charge in [0.15, 0.2) is 5.69 Å². The highest BCUT2D eigenvalue weighted by atomic mass is 19.4. The van der Waals surface area contributed by atoms with E-state index in [1.807, 2.05) is 49.3 Å². The number of halogens is 3. The molecule has 0 aliphatic heterocycles. The Kier molecular flexibility index (Phi) is 7.72. The standard InChI is InChI=1S/C24H25F3N4O3/c1-4-34-23(33)19-14-29-31(21(19)24(25,26)27)18-12-10-17(11-13-18)22(32)28-15-20(30(2)3)16-8-6-5-7-9-16/h5-14,20H,4,15H2,1-3H3,(H,28,32). The number of likely N-dealkylation sites (N-methyl/N-ethyl adjacent to an activating group) is 1. The number of hydrogen-bond acceptors (Lipinski definition) is 5. The maximum atomic E-state index is 13.7. The third kappa shape index (κ3) is 5.63. The predicted molar refractivity (Wildman–Crippen MR) is 120 cm³/mol. The van der Waals surface area contributed by atoms with Crippen molar-refractivity contribution in [2.75, 3.05) is 27.2 Å². The van der Waals surface area contributed by atoms with E-state index in [9.17, 15) is 22.8 Å². The number of benzene rings is 2. The Balaban J connectivity index is 1.79. The van der Waals surface area contributed by atoms with E-state index in [0.717, 1.165) is 11.8 Å². The molecule has 0 aliphatic carbocycles. The van der Waals surface area contributed by atoms with E-state index in [0.29, 0.717) is 11.2 Å². The molecule has 1 N–H and O–H groups in total. The van der Waals surface area contributed by atoms with Gasteiger partial charge in [-0.25, -0.2) is 9.48 Å². The smallest absolute Gasteiger partial charge is 0.434 e. The summed E-state index contributed by atoms with van der Waals surface area (Å²) in [6.07, 6.45) is -4.01. The Morgan fingerprint density at radius 1 is 1.09 bits per heavy atom. The molecule has 3 aromatic rings. The van der Waals surface area contributed by atoms with Crippen molar-refractivity contribution in [3.8, 4) is 5.69 Å². The Morgan fingerprint density at radius 2 is 1.74 bits per heavy atom. The molecule has 2 aromatic carbocycles. The second-order valence-electron chi connectivity index (χ2n) is 7.68. The topological polar surface area (TPSA) is 76.5 Å². The zero-order chi connectivity index (χ0) is 24.9. The SMILES string of the molecule is CCOC(=O)c1cnn(-c2ccc(C(=O)NCC(c3ccccc3)N(C)C)cc2)c1C(F)(F)F. The summed E-state index contributed by atoms with van der Waals surface area (Å²) >= 11 is 0. The molecule has 0 spiro atoms. The normalized spacial score (nSPS) is 12.4. The van der Waals surface area contributed by atoms with Crippen LogP contribution in [-0.2, 0) is 10.9 Å². The van der Waals surface area contributed by atoms with Crippen LogP contribution in [0.3, 0.4) is 0 Å². The first-order chi connectivity index (χ1) is 16.1. The van der Waals surface area contributed by atoms with Crippen LogP contribution in [-0.4, -0.2) is 53.8 Å². The summed E-state index contributed by atoms with van der Waals surface area (Å²) in [5, 5.41) is 6.60. The van der Waals surface area contributed by atoms with Gasteiger partial charge in [0.05, 0.1) is 24.5 Å². The van der Waals surface area contributed by atoms with Gasteiger partial charge in [-0.05, 0) is 50.8 Å².